The Morgan fingerprint density at radius 1 is 1.08 bits per heavy atom. The van der Waals surface area contributed by atoms with Gasteiger partial charge in [0.05, 0.1) is 0 Å². The summed E-state index contributed by atoms with van der Waals surface area (Å²) < 4.78 is 1.70. The number of tetrazole rings is 1. The van der Waals surface area contributed by atoms with Gasteiger partial charge in [0.25, 0.3) is 0 Å². The zero-order valence-corrected chi connectivity index (χ0v) is 14.3. The summed E-state index contributed by atoms with van der Waals surface area (Å²) in [4.78, 5) is 0. The van der Waals surface area contributed by atoms with Crippen molar-refractivity contribution in [3.8, 4) is 0 Å². The van der Waals surface area contributed by atoms with Gasteiger partial charge in [-0.1, -0.05) is 64.2 Å². The average Bonchev–Trinajstić information content (AvgIpc) is 3.03. The van der Waals surface area contributed by atoms with Crippen molar-refractivity contribution in [2.24, 2.45) is 0 Å². The van der Waals surface area contributed by atoms with Crippen molar-refractivity contribution in [2.75, 3.05) is 5.32 Å². The number of hydrogen-bond acceptors (Lipinski definition) is 4. The first kappa shape index (κ1) is 15.2. The summed E-state index contributed by atoms with van der Waals surface area (Å²) in [5.41, 5.74) is 4.09. The normalized spacial score (nSPS) is 16.3. The van der Waals surface area contributed by atoms with Crippen LogP contribution in [0.1, 0.15) is 22.7 Å². The molecule has 1 aromatic heterocycles. The maximum Gasteiger partial charge on any atom is 0.248 e. The predicted octanol–water partition coefficient (Wildman–Crippen LogP) is 4.34. The predicted molar refractivity (Wildman–Crippen MR) is 95.2 cm³/mol. The first-order valence-corrected chi connectivity index (χ1v) is 8.16. The highest BCUT2D eigenvalue weighted by Crippen LogP contribution is 2.35. The zero-order chi connectivity index (χ0) is 16.7. The molecular formula is C17H13Cl2N5. The van der Waals surface area contributed by atoms with E-state index in [4.69, 9.17) is 23.2 Å². The molecule has 0 aliphatic carbocycles. The minimum Gasteiger partial charge on any atom is -0.323 e. The Morgan fingerprint density at radius 3 is 2.62 bits per heavy atom. The first-order chi connectivity index (χ1) is 11.6. The molecule has 0 radical (unpaired) electrons. The van der Waals surface area contributed by atoms with E-state index < -0.39 is 0 Å². The second-order valence-corrected chi connectivity index (χ2v) is 6.47. The minimum absolute atomic E-state index is 0.211. The molecule has 0 fully saturated rings. The van der Waals surface area contributed by atoms with Gasteiger partial charge in [0.1, 0.15) is 6.04 Å². The Hall–Kier alpha value is -2.37. The van der Waals surface area contributed by atoms with Crippen LogP contribution in [-0.2, 0) is 0 Å². The fourth-order valence-corrected chi connectivity index (χ4v) is 3.24. The highest BCUT2D eigenvalue weighted by atomic mass is 35.5. The molecular weight excluding hydrogens is 345 g/mol. The van der Waals surface area contributed by atoms with E-state index in [9.17, 15) is 0 Å². The van der Waals surface area contributed by atoms with Gasteiger partial charge in [0.2, 0.25) is 5.95 Å². The molecule has 1 aliphatic rings. The molecule has 4 rings (SSSR count). The third-order valence-corrected chi connectivity index (χ3v) is 4.53. The topological polar surface area (TPSA) is 55.6 Å². The SMILES string of the molecule is Cc1ccc(C2=C[C@H](c3ccc(Cl)cc3Cl)n3nnnc3N2)cc1. The molecule has 24 heavy (non-hydrogen) atoms. The standard InChI is InChI=1S/C17H13Cl2N5/c1-10-2-4-11(5-3-10)15-9-16(24-17(20-15)21-22-23-24)13-7-6-12(18)8-14(13)19/h2-9,16H,1H3,(H,20,21,23)/t16-/m1/s1. The number of fused-ring (bicyclic) bond motifs is 1. The van der Waals surface area contributed by atoms with Crippen LogP contribution in [0, 0.1) is 6.92 Å². The van der Waals surface area contributed by atoms with Crippen LogP contribution in [0.4, 0.5) is 5.95 Å². The van der Waals surface area contributed by atoms with Crippen molar-refractivity contribution in [1.29, 1.82) is 0 Å². The van der Waals surface area contributed by atoms with Gasteiger partial charge < -0.3 is 5.32 Å². The van der Waals surface area contributed by atoms with Gasteiger partial charge >= 0.3 is 0 Å². The highest BCUT2D eigenvalue weighted by molar-refractivity contribution is 6.35. The summed E-state index contributed by atoms with van der Waals surface area (Å²) in [6, 6.07) is 13.5. The lowest BCUT2D eigenvalue weighted by Gasteiger charge is -2.24. The van der Waals surface area contributed by atoms with Crippen LogP contribution in [-0.4, -0.2) is 20.2 Å². The fraction of sp³-hybridized carbons (Fsp3) is 0.118. The number of nitrogens with one attached hydrogen (secondary N) is 1. The van der Waals surface area contributed by atoms with Crippen molar-refractivity contribution in [2.45, 2.75) is 13.0 Å². The average molecular weight is 358 g/mol. The largest absolute Gasteiger partial charge is 0.323 e. The number of nitrogens with zero attached hydrogens (tertiary/aromatic N) is 4. The van der Waals surface area contributed by atoms with E-state index in [1.165, 1.54) is 5.56 Å². The molecule has 2 heterocycles. The lowest BCUT2D eigenvalue weighted by Crippen LogP contribution is -2.20. The number of rotatable bonds is 2. The maximum absolute atomic E-state index is 6.39. The maximum atomic E-state index is 6.39. The molecule has 0 spiro atoms. The summed E-state index contributed by atoms with van der Waals surface area (Å²) in [6.45, 7) is 2.06. The molecule has 120 valence electrons. The molecule has 0 saturated carbocycles. The third-order valence-electron chi connectivity index (χ3n) is 3.97. The quantitative estimate of drug-likeness (QED) is 0.740. The Labute approximate surface area is 148 Å². The number of benzene rings is 2. The van der Waals surface area contributed by atoms with E-state index in [0.29, 0.717) is 16.0 Å². The Balaban J connectivity index is 1.83. The number of hydrogen-bond donors (Lipinski definition) is 1. The van der Waals surface area contributed by atoms with Crippen molar-refractivity contribution in [3.63, 3.8) is 0 Å². The van der Waals surface area contributed by atoms with Gasteiger partial charge in [0.15, 0.2) is 0 Å². The third kappa shape index (κ3) is 2.66. The second kappa shape index (κ2) is 5.92. The second-order valence-electron chi connectivity index (χ2n) is 5.63. The molecule has 5 nitrogen and oxygen atoms in total. The number of anilines is 1. The smallest absolute Gasteiger partial charge is 0.248 e. The van der Waals surface area contributed by atoms with Gasteiger partial charge in [-0.05, 0) is 46.7 Å². The summed E-state index contributed by atoms with van der Waals surface area (Å²) in [5, 5.41) is 16.3. The van der Waals surface area contributed by atoms with Crippen molar-refractivity contribution >= 4 is 34.8 Å². The summed E-state index contributed by atoms with van der Waals surface area (Å²) in [7, 11) is 0. The van der Waals surface area contributed by atoms with Crippen LogP contribution < -0.4 is 5.32 Å². The van der Waals surface area contributed by atoms with E-state index in [1.807, 2.05) is 12.1 Å². The minimum atomic E-state index is -0.211. The molecule has 1 atom stereocenters. The van der Waals surface area contributed by atoms with Gasteiger partial charge in [0, 0.05) is 15.7 Å². The van der Waals surface area contributed by atoms with Crippen molar-refractivity contribution in [3.05, 3.63) is 75.3 Å². The van der Waals surface area contributed by atoms with Gasteiger partial charge in [-0.15, -0.1) is 0 Å². The Morgan fingerprint density at radius 2 is 1.88 bits per heavy atom. The molecule has 2 aromatic carbocycles. The summed E-state index contributed by atoms with van der Waals surface area (Å²) >= 11 is 12.4. The summed E-state index contributed by atoms with van der Waals surface area (Å²) in [6.07, 6.45) is 2.06. The van der Waals surface area contributed by atoms with Crippen LogP contribution in [0.5, 0.6) is 0 Å². The molecule has 0 amide bonds. The van der Waals surface area contributed by atoms with Crippen LogP contribution in [0.2, 0.25) is 10.0 Å². The number of allylic oxidation sites excluding steroid dienone is 1. The summed E-state index contributed by atoms with van der Waals surface area (Å²) in [5.74, 6) is 0.573. The zero-order valence-electron chi connectivity index (χ0n) is 12.7. The van der Waals surface area contributed by atoms with E-state index in [0.717, 1.165) is 16.8 Å². The molecule has 0 saturated heterocycles. The monoisotopic (exact) mass is 357 g/mol. The van der Waals surface area contributed by atoms with Crippen molar-refractivity contribution in [1.82, 2.24) is 20.2 Å². The molecule has 3 aromatic rings. The molecule has 7 heteroatoms. The van der Waals surface area contributed by atoms with E-state index in [1.54, 1.807) is 10.7 Å². The molecule has 0 unspecified atom stereocenters. The molecule has 1 N–H and O–H groups in total. The van der Waals surface area contributed by atoms with E-state index >= 15 is 0 Å². The van der Waals surface area contributed by atoms with Crippen LogP contribution >= 0.6 is 23.2 Å². The van der Waals surface area contributed by atoms with E-state index in [-0.39, 0.29) is 6.04 Å². The lowest BCUT2D eigenvalue weighted by molar-refractivity contribution is 0.586. The van der Waals surface area contributed by atoms with Crippen LogP contribution in [0.25, 0.3) is 5.70 Å². The van der Waals surface area contributed by atoms with E-state index in [2.05, 4.69) is 58.1 Å². The molecule has 1 aliphatic heterocycles. The van der Waals surface area contributed by atoms with Crippen LogP contribution in [0.15, 0.2) is 48.5 Å². The van der Waals surface area contributed by atoms with Gasteiger partial charge in [-0.2, -0.15) is 4.68 Å². The van der Waals surface area contributed by atoms with Crippen molar-refractivity contribution < 1.29 is 0 Å². The Kier molecular flexibility index (Phi) is 3.75. The lowest BCUT2D eigenvalue weighted by atomic mass is 10.0. The Bertz CT molecular complexity index is 930. The highest BCUT2D eigenvalue weighted by Gasteiger charge is 2.25. The molecule has 0 bridgehead atoms. The first-order valence-electron chi connectivity index (χ1n) is 7.40. The number of halogens is 2. The number of aromatic nitrogens is 4. The van der Waals surface area contributed by atoms with Crippen LogP contribution in [0.3, 0.4) is 0 Å². The number of aryl methyl sites for hydroxylation is 1. The fourth-order valence-electron chi connectivity index (χ4n) is 2.72. The van der Waals surface area contributed by atoms with Gasteiger partial charge in [-0.25, -0.2) is 0 Å². The van der Waals surface area contributed by atoms with Gasteiger partial charge in [-0.3, -0.25) is 0 Å².